The van der Waals surface area contributed by atoms with Crippen LogP contribution in [0.1, 0.15) is 34.6 Å². The first-order valence-corrected chi connectivity index (χ1v) is 5.93. The number of aliphatic hydroxyl groups is 1. The van der Waals surface area contributed by atoms with Crippen LogP contribution in [0.4, 0.5) is 0 Å². The molecule has 1 aromatic rings. The Hall–Kier alpha value is -0.340. The van der Waals surface area contributed by atoms with Gasteiger partial charge in [0.25, 0.3) is 0 Å². The molecule has 0 aliphatic heterocycles. The smallest absolute Gasteiger partial charge is 0.0479 e. The van der Waals surface area contributed by atoms with E-state index >= 15 is 0 Å². The number of aliphatic hydroxyl groups excluding tert-OH is 1. The van der Waals surface area contributed by atoms with Crippen LogP contribution in [0.5, 0.6) is 0 Å². The van der Waals surface area contributed by atoms with Crippen molar-refractivity contribution < 1.29 is 5.11 Å². The largest absolute Gasteiger partial charge is 0.396 e. The van der Waals surface area contributed by atoms with Gasteiger partial charge in [-0.2, -0.15) is 0 Å². The van der Waals surface area contributed by atoms with Crippen molar-refractivity contribution in [1.82, 2.24) is 0 Å². The predicted octanol–water partition coefficient (Wildman–Crippen LogP) is 2.55. The lowest BCUT2D eigenvalue weighted by Crippen LogP contribution is -1.85. The molecule has 0 spiro atoms. The second kappa shape index (κ2) is 4.25. The minimum atomic E-state index is 0.291. The Labute approximate surface area is 83.4 Å². The van der Waals surface area contributed by atoms with Crippen LogP contribution in [0, 0.1) is 0 Å². The van der Waals surface area contributed by atoms with Gasteiger partial charge in [-0.15, -0.1) is 11.3 Å². The molecule has 13 heavy (non-hydrogen) atoms. The van der Waals surface area contributed by atoms with E-state index in [0.29, 0.717) is 6.61 Å². The van der Waals surface area contributed by atoms with Crippen molar-refractivity contribution in [1.29, 1.82) is 0 Å². The van der Waals surface area contributed by atoms with E-state index in [-0.39, 0.29) is 0 Å². The maximum Gasteiger partial charge on any atom is 0.0479 e. The molecule has 2 heteroatoms. The molecule has 1 aliphatic rings. The molecule has 1 N–H and O–H groups in total. The summed E-state index contributed by atoms with van der Waals surface area (Å²) in [7, 11) is 0. The summed E-state index contributed by atoms with van der Waals surface area (Å²) < 4.78 is 0. The van der Waals surface area contributed by atoms with Crippen LogP contribution in [-0.4, -0.2) is 11.7 Å². The van der Waals surface area contributed by atoms with Gasteiger partial charge in [0.2, 0.25) is 0 Å². The summed E-state index contributed by atoms with van der Waals surface area (Å²) in [5.41, 5.74) is 1.56. The van der Waals surface area contributed by atoms with Crippen LogP contribution in [0.3, 0.4) is 0 Å². The third kappa shape index (κ3) is 2.12. The number of thiophene rings is 1. The van der Waals surface area contributed by atoms with Crippen molar-refractivity contribution in [3.05, 3.63) is 21.4 Å². The lowest BCUT2D eigenvalue weighted by atomic mass is 10.1. The average molecular weight is 196 g/mol. The van der Waals surface area contributed by atoms with Crippen LogP contribution in [0.25, 0.3) is 0 Å². The SMILES string of the molecule is OCCc1cc2c(s1)CCCCC2. The van der Waals surface area contributed by atoms with E-state index in [4.69, 9.17) is 5.11 Å². The van der Waals surface area contributed by atoms with E-state index < -0.39 is 0 Å². The molecule has 0 radical (unpaired) electrons. The highest BCUT2D eigenvalue weighted by atomic mass is 32.1. The minimum absolute atomic E-state index is 0.291. The molecule has 0 aromatic carbocycles. The molecule has 72 valence electrons. The highest BCUT2D eigenvalue weighted by Crippen LogP contribution is 2.28. The van der Waals surface area contributed by atoms with Crippen molar-refractivity contribution >= 4 is 11.3 Å². The van der Waals surface area contributed by atoms with Gasteiger partial charge in [-0.3, -0.25) is 0 Å². The van der Waals surface area contributed by atoms with Gasteiger partial charge in [-0.1, -0.05) is 6.42 Å². The molecule has 1 aliphatic carbocycles. The predicted molar refractivity (Wildman–Crippen MR) is 56.4 cm³/mol. The number of fused-ring (bicyclic) bond motifs is 1. The summed E-state index contributed by atoms with van der Waals surface area (Å²) in [5.74, 6) is 0. The lowest BCUT2D eigenvalue weighted by Gasteiger charge is -1.92. The first kappa shape index (κ1) is 9.22. The Bertz CT molecular complexity index is 254. The maximum atomic E-state index is 8.84. The van der Waals surface area contributed by atoms with E-state index in [1.165, 1.54) is 37.0 Å². The zero-order chi connectivity index (χ0) is 9.10. The fourth-order valence-electron chi connectivity index (χ4n) is 1.96. The minimum Gasteiger partial charge on any atom is -0.396 e. The monoisotopic (exact) mass is 196 g/mol. The Morgan fingerprint density at radius 3 is 2.92 bits per heavy atom. The summed E-state index contributed by atoms with van der Waals surface area (Å²) in [6.45, 7) is 0.291. The Morgan fingerprint density at radius 2 is 2.08 bits per heavy atom. The van der Waals surface area contributed by atoms with Gasteiger partial charge < -0.3 is 5.11 Å². The molecule has 0 unspecified atom stereocenters. The highest BCUT2D eigenvalue weighted by molar-refractivity contribution is 7.12. The van der Waals surface area contributed by atoms with Crippen molar-refractivity contribution in [3.63, 3.8) is 0 Å². The molecule has 0 saturated carbocycles. The van der Waals surface area contributed by atoms with Gasteiger partial charge in [0.15, 0.2) is 0 Å². The fourth-order valence-corrected chi connectivity index (χ4v) is 3.21. The second-order valence-corrected chi connectivity index (χ2v) is 4.92. The van der Waals surface area contributed by atoms with Gasteiger partial charge in [0.1, 0.15) is 0 Å². The van der Waals surface area contributed by atoms with Crippen LogP contribution in [0.15, 0.2) is 6.07 Å². The van der Waals surface area contributed by atoms with Gasteiger partial charge in [-0.05, 0) is 37.3 Å². The van der Waals surface area contributed by atoms with Crippen LogP contribution < -0.4 is 0 Å². The molecule has 2 rings (SSSR count). The standard InChI is InChI=1S/C11H16OS/c12-7-6-10-8-9-4-2-1-3-5-11(9)13-10/h8,12H,1-7H2. The summed E-state index contributed by atoms with van der Waals surface area (Å²) >= 11 is 1.91. The fraction of sp³-hybridized carbons (Fsp3) is 0.636. The maximum absolute atomic E-state index is 8.84. The summed E-state index contributed by atoms with van der Waals surface area (Å²) in [6.07, 6.45) is 7.46. The zero-order valence-corrected chi connectivity index (χ0v) is 8.70. The normalized spacial score (nSPS) is 16.7. The number of aryl methyl sites for hydroxylation is 2. The molecule has 1 nitrogen and oxygen atoms in total. The molecule has 0 bridgehead atoms. The second-order valence-electron chi connectivity index (χ2n) is 3.70. The van der Waals surface area contributed by atoms with Crippen molar-refractivity contribution in [2.24, 2.45) is 0 Å². The molecule has 0 fully saturated rings. The number of hydrogen-bond acceptors (Lipinski definition) is 2. The average Bonchev–Trinajstić information content (AvgIpc) is 2.37. The first-order valence-electron chi connectivity index (χ1n) is 5.11. The van der Waals surface area contributed by atoms with Crippen LogP contribution >= 0.6 is 11.3 Å². The van der Waals surface area contributed by atoms with E-state index in [9.17, 15) is 0 Å². The summed E-state index contributed by atoms with van der Waals surface area (Å²) in [4.78, 5) is 2.95. The van der Waals surface area contributed by atoms with Crippen molar-refractivity contribution in [2.75, 3.05) is 6.61 Å². The van der Waals surface area contributed by atoms with Crippen LogP contribution in [0.2, 0.25) is 0 Å². The number of hydrogen-bond donors (Lipinski definition) is 1. The third-order valence-corrected chi connectivity index (χ3v) is 3.95. The molecule has 1 heterocycles. The van der Waals surface area contributed by atoms with Crippen molar-refractivity contribution in [2.45, 2.75) is 38.5 Å². The molecule has 0 saturated heterocycles. The van der Waals surface area contributed by atoms with E-state index in [0.717, 1.165) is 6.42 Å². The van der Waals surface area contributed by atoms with Gasteiger partial charge in [0, 0.05) is 22.8 Å². The number of rotatable bonds is 2. The topological polar surface area (TPSA) is 20.2 Å². The van der Waals surface area contributed by atoms with Crippen LogP contribution in [-0.2, 0) is 19.3 Å². The quantitative estimate of drug-likeness (QED) is 0.721. The summed E-state index contributed by atoms with van der Waals surface area (Å²) in [5, 5.41) is 8.84. The molecular weight excluding hydrogens is 180 g/mol. The van der Waals surface area contributed by atoms with E-state index in [1.54, 1.807) is 10.4 Å². The van der Waals surface area contributed by atoms with Crippen molar-refractivity contribution in [3.8, 4) is 0 Å². The molecule has 0 atom stereocenters. The first-order chi connectivity index (χ1) is 6.40. The molecular formula is C11H16OS. The Morgan fingerprint density at radius 1 is 1.23 bits per heavy atom. The van der Waals surface area contributed by atoms with E-state index in [2.05, 4.69) is 6.07 Å². The van der Waals surface area contributed by atoms with Gasteiger partial charge >= 0.3 is 0 Å². The molecule has 1 aromatic heterocycles. The van der Waals surface area contributed by atoms with Gasteiger partial charge in [-0.25, -0.2) is 0 Å². The molecule has 0 amide bonds. The highest BCUT2D eigenvalue weighted by Gasteiger charge is 2.11. The Kier molecular flexibility index (Phi) is 3.01. The zero-order valence-electron chi connectivity index (χ0n) is 7.88. The van der Waals surface area contributed by atoms with E-state index in [1.807, 2.05) is 11.3 Å². The van der Waals surface area contributed by atoms with Gasteiger partial charge in [0.05, 0.1) is 0 Å². The lowest BCUT2D eigenvalue weighted by molar-refractivity contribution is 0.300. The summed E-state index contributed by atoms with van der Waals surface area (Å²) in [6, 6.07) is 2.31. The Balaban J connectivity index is 2.17. The third-order valence-electron chi connectivity index (χ3n) is 2.66.